The minimum atomic E-state index is -0.0654. The average molecular weight is 267 g/mol. The first-order valence-corrected chi connectivity index (χ1v) is 4.70. The Kier molecular flexibility index (Phi) is 1.83. The molecule has 0 aromatic heterocycles. The number of hydrogen-bond donors (Lipinski definition) is 0. The van der Waals surface area contributed by atoms with Gasteiger partial charge >= 0.3 is 5.97 Å². The minimum absolute atomic E-state index is 0.0469. The number of nitrogens with zero attached hydrogens (tertiary/aromatic N) is 1. The van der Waals surface area contributed by atoms with Gasteiger partial charge in [-0.05, 0) is 18.3 Å². The van der Waals surface area contributed by atoms with Crippen LogP contribution in [-0.4, -0.2) is 28.8 Å². The molecule has 0 aromatic rings. The molecule has 1 saturated heterocycles. The predicted octanol–water partition coefficient (Wildman–Crippen LogP) is 0.830. The average Bonchev–Trinajstić information content (AvgIpc) is 2.63. The second-order valence-corrected chi connectivity index (χ2v) is 4.45. The lowest BCUT2D eigenvalue weighted by atomic mass is 10.2. The van der Waals surface area contributed by atoms with Gasteiger partial charge in [-0.2, -0.15) is 0 Å². The SMILES string of the molecule is COC(=O)C1C2CC2CN1I. The standard InChI is InChI=1S/C7H10INO2/c1-11-7(10)6-5-2-4(5)3-9(6)8/h4-6H,2-3H2,1H3. The molecule has 62 valence electrons. The Hall–Kier alpha value is 0.160. The van der Waals surface area contributed by atoms with Crippen molar-refractivity contribution >= 4 is 28.8 Å². The minimum Gasteiger partial charge on any atom is -0.468 e. The quantitative estimate of drug-likeness (QED) is 0.400. The fourth-order valence-electron chi connectivity index (χ4n) is 1.82. The Morgan fingerprint density at radius 1 is 1.73 bits per heavy atom. The lowest BCUT2D eigenvalue weighted by Gasteiger charge is -2.17. The molecule has 1 aliphatic carbocycles. The van der Waals surface area contributed by atoms with Gasteiger partial charge in [0.15, 0.2) is 0 Å². The number of halogens is 1. The fourth-order valence-corrected chi connectivity index (χ4v) is 2.97. The number of piperidine rings is 1. The van der Waals surface area contributed by atoms with Gasteiger partial charge in [-0.15, -0.1) is 0 Å². The molecule has 0 spiro atoms. The van der Waals surface area contributed by atoms with Gasteiger partial charge in [0.05, 0.1) is 7.11 Å². The molecule has 3 unspecified atom stereocenters. The van der Waals surface area contributed by atoms with Crippen molar-refractivity contribution < 1.29 is 9.53 Å². The van der Waals surface area contributed by atoms with Crippen molar-refractivity contribution in [2.45, 2.75) is 12.5 Å². The van der Waals surface area contributed by atoms with Crippen LogP contribution in [0, 0.1) is 11.8 Å². The van der Waals surface area contributed by atoms with E-state index in [4.69, 9.17) is 4.74 Å². The highest BCUT2D eigenvalue weighted by molar-refractivity contribution is 14.1. The van der Waals surface area contributed by atoms with Crippen LogP contribution in [0.25, 0.3) is 0 Å². The zero-order valence-electron chi connectivity index (χ0n) is 6.29. The largest absolute Gasteiger partial charge is 0.468 e. The van der Waals surface area contributed by atoms with Crippen molar-refractivity contribution in [2.24, 2.45) is 11.8 Å². The summed E-state index contributed by atoms with van der Waals surface area (Å²) in [6, 6.07) is 0.0469. The van der Waals surface area contributed by atoms with E-state index in [-0.39, 0.29) is 12.0 Å². The van der Waals surface area contributed by atoms with E-state index in [2.05, 4.69) is 26.0 Å². The third-order valence-electron chi connectivity index (χ3n) is 2.54. The summed E-state index contributed by atoms with van der Waals surface area (Å²) in [7, 11) is 1.46. The van der Waals surface area contributed by atoms with E-state index in [1.165, 1.54) is 13.5 Å². The smallest absolute Gasteiger partial charge is 0.324 e. The molecule has 1 saturated carbocycles. The fraction of sp³-hybridized carbons (Fsp3) is 0.857. The molecule has 4 heteroatoms. The molecule has 1 aliphatic heterocycles. The summed E-state index contributed by atoms with van der Waals surface area (Å²) < 4.78 is 6.79. The molecule has 0 bridgehead atoms. The highest BCUT2D eigenvalue weighted by Crippen LogP contribution is 2.50. The van der Waals surface area contributed by atoms with Crippen LogP contribution in [0.4, 0.5) is 0 Å². The van der Waals surface area contributed by atoms with Gasteiger partial charge in [0.25, 0.3) is 0 Å². The lowest BCUT2D eigenvalue weighted by Crippen LogP contribution is -2.33. The molecule has 11 heavy (non-hydrogen) atoms. The van der Waals surface area contributed by atoms with Crippen LogP contribution in [0.5, 0.6) is 0 Å². The monoisotopic (exact) mass is 267 g/mol. The summed E-state index contributed by atoms with van der Waals surface area (Å²) in [4.78, 5) is 11.2. The van der Waals surface area contributed by atoms with Gasteiger partial charge in [0.2, 0.25) is 0 Å². The molecular weight excluding hydrogens is 257 g/mol. The number of hydrogen-bond acceptors (Lipinski definition) is 3. The third-order valence-corrected chi connectivity index (χ3v) is 3.53. The number of carbonyl (C=O) groups excluding carboxylic acids is 1. The van der Waals surface area contributed by atoms with E-state index < -0.39 is 0 Å². The number of fused-ring (bicyclic) bond motifs is 1. The van der Waals surface area contributed by atoms with E-state index in [1.54, 1.807) is 0 Å². The topological polar surface area (TPSA) is 29.5 Å². The summed E-state index contributed by atoms with van der Waals surface area (Å²) in [5.41, 5.74) is 0. The van der Waals surface area contributed by atoms with Gasteiger partial charge in [0, 0.05) is 29.4 Å². The van der Waals surface area contributed by atoms with Crippen LogP contribution in [0.2, 0.25) is 0 Å². The summed E-state index contributed by atoms with van der Waals surface area (Å²) in [5.74, 6) is 1.31. The zero-order valence-corrected chi connectivity index (χ0v) is 8.45. The third kappa shape index (κ3) is 1.16. The van der Waals surface area contributed by atoms with Crippen LogP contribution in [0.3, 0.4) is 0 Å². The summed E-state index contributed by atoms with van der Waals surface area (Å²) in [6.45, 7) is 1.06. The summed E-state index contributed by atoms with van der Waals surface area (Å²) in [5, 5.41) is 0. The van der Waals surface area contributed by atoms with Gasteiger partial charge in [-0.25, -0.2) is 3.11 Å². The first-order chi connectivity index (χ1) is 5.24. The molecule has 0 radical (unpaired) electrons. The Morgan fingerprint density at radius 3 is 2.91 bits per heavy atom. The molecule has 2 rings (SSSR count). The molecule has 3 nitrogen and oxygen atoms in total. The summed E-state index contributed by atoms with van der Waals surface area (Å²) in [6.07, 6.45) is 1.22. The normalized spacial score (nSPS) is 41.8. The molecule has 2 aliphatic rings. The highest BCUT2D eigenvalue weighted by Gasteiger charge is 2.55. The van der Waals surface area contributed by atoms with E-state index in [9.17, 15) is 4.79 Å². The van der Waals surface area contributed by atoms with Crippen molar-refractivity contribution in [1.29, 1.82) is 0 Å². The number of rotatable bonds is 1. The van der Waals surface area contributed by atoms with Gasteiger partial charge in [-0.1, -0.05) is 0 Å². The second-order valence-electron chi connectivity index (χ2n) is 3.21. The van der Waals surface area contributed by atoms with Gasteiger partial charge in [-0.3, -0.25) is 4.79 Å². The Morgan fingerprint density at radius 2 is 2.45 bits per heavy atom. The predicted molar refractivity (Wildman–Crippen MR) is 48.1 cm³/mol. The molecule has 0 aromatic carbocycles. The van der Waals surface area contributed by atoms with Crippen LogP contribution in [0.15, 0.2) is 0 Å². The second kappa shape index (κ2) is 2.58. The first-order valence-electron chi connectivity index (χ1n) is 3.74. The summed E-state index contributed by atoms with van der Waals surface area (Å²) >= 11 is 2.21. The Balaban J connectivity index is 2.06. The number of esters is 1. The van der Waals surface area contributed by atoms with Crippen LogP contribution >= 0.6 is 22.9 Å². The maximum atomic E-state index is 11.2. The van der Waals surface area contributed by atoms with Gasteiger partial charge < -0.3 is 4.74 Å². The van der Waals surface area contributed by atoms with E-state index in [0.29, 0.717) is 5.92 Å². The number of ether oxygens (including phenoxy) is 1. The molecular formula is C7H10INO2. The molecule has 2 fully saturated rings. The first kappa shape index (κ1) is 7.79. The van der Waals surface area contributed by atoms with Crippen LogP contribution in [-0.2, 0) is 9.53 Å². The zero-order chi connectivity index (χ0) is 8.01. The lowest BCUT2D eigenvalue weighted by molar-refractivity contribution is -0.144. The Bertz CT molecular complexity index is 195. The van der Waals surface area contributed by atoms with E-state index in [1.807, 2.05) is 0 Å². The van der Waals surface area contributed by atoms with E-state index in [0.717, 1.165) is 12.5 Å². The molecule has 0 amide bonds. The van der Waals surface area contributed by atoms with Crippen molar-refractivity contribution in [3.8, 4) is 0 Å². The molecule has 0 N–H and O–H groups in total. The van der Waals surface area contributed by atoms with Gasteiger partial charge in [0.1, 0.15) is 6.04 Å². The molecule has 3 atom stereocenters. The van der Waals surface area contributed by atoms with Crippen molar-refractivity contribution in [2.75, 3.05) is 13.7 Å². The number of carbonyl (C=O) groups is 1. The van der Waals surface area contributed by atoms with E-state index >= 15 is 0 Å². The maximum Gasteiger partial charge on any atom is 0.324 e. The highest BCUT2D eigenvalue weighted by atomic mass is 127. The van der Waals surface area contributed by atoms with Crippen LogP contribution < -0.4 is 0 Å². The van der Waals surface area contributed by atoms with Crippen molar-refractivity contribution in [1.82, 2.24) is 3.11 Å². The van der Waals surface area contributed by atoms with Crippen molar-refractivity contribution in [3.63, 3.8) is 0 Å². The Labute approximate surface area is 79.6 Å². The molecule has 1 heterocycles. The van der Waals surface area contributed by atoms with Crippen LogP contribution in [0.1, 0.15) is 6.42 Å². The van der Waals surface area contributed by atoms with Crippen molar-refractivity contribution in [3.05, 3.63) is 0 Å². The number of methoxy groups -OCH3 is 1. The maximum absolute atomic E-state index is 11.2.